The molecular formula is C11H16N4O. The molecule has 86 valence electrons. The van der Waals surface area contributed by atoms with Crippen LogP contribution in [0.3, 0.4) is 0 Å². The zero-order valence-corrected chi connectivity index (χ0v) is 9.84. The molecular weight excluding hydrogens is 204 g/mol. The minimum absolute atomic E-state index is 0.0381. The van der Waals surface area contributed by atoms with Crippen LogP contribution in [-0.4, -0.2) is 19.8 Å². The van der Waals surface area contributed by atoms with Gasteiger partial charge in [0.25, 0.3) is 0 Å². The second-order valence-corrected chi connectivity index (χ2v) is 4.05. The van der Waals surface area contributed by atoms with Crippen molar-refractivity contribution in [1.29, 1.82) is 0 Å². The van der Waals surface area contributed by atoms with Gasteiger partial charge in [0.15, 0.2) is 0 Å². The standard InChI is InChI=1S/C11H16N4O/c1-4-9-8(2)6-5-7-10(9)15-11(16)14(3)12-13-15/h5-6,10H,4,7H2,1-3H3. The molecule has 5 nitrogen and oxygen atoms in total. The Hall–Kier alpha value is -1.65. The Morgan fingerprint density at radius 1 is 1.50 bits per heavy atom. The number of hydrogen-bond acceptors (Lipinski definition) is 3. The molecule has 0 N–H and O–H groups in total. The molecule has 1 aliphatic carbocycles. The fourth-order valence-corrected chi connectivity index (χ4v) is 2.17. The van der Waals surface area contributed by atoms with Crippen molar-refractivity contribution in [2.24, 2.45) is 7.05 Å². The second kappa shape index (κ2) is 4.08. The first-order valence-corrected chi connectivity index (χ1v) is 5.49. The monoisotopic (exact) mass is 220 g/mol. The lowest BCUT2D eigenvalue weighted by Crippen LogP contribution is -2.29. The molecule has 1 atom stereocenters. The van der Waals surface area contributed by atoms with Gasteiger partial charge in [-0.15, -0.1) is 0 Å². The smallest absolute Gasteiger partial charge is 0.244 e. The van der Waals surface area contributed by atoms with Gasteiger partial charge in [-0.25, -0.2) is 4.79 Å². The van der Waals surface area contributed by atoms with Gasteiger partial charge in [-0.2, -0.15) is 9.36 Å². The van der Waals surface area contributed by atoms with Crippen LogP contribution < -0.4 is 5.69 Å². The van der Waals surface area contributed by atoms with E-state index in [0.717, 1.165) is 12.8 Å². The predicted molar refractivity (Wildman–Crippen MR) is 61.0 cm³/mol. The first-order chi connectivity index (χ1) is 7.65. The summed E-state index contributed by atoms with van der Waals surface area (Å²) >= 11 is 0. The fraction of sp³-hybridized carbons (Fsp3) is 0.545. The van der Waals surface area contributed by atoms with E-state index in [1.807, 2.05) is 0 Å². The Kier molecular flexibility index (Phi) is 2.77. The number of allylic oxidation sites excluding steroid dienone is 4. The normalized spacial score (nSPS) is 20.6. The van der Waals surface area contributed by atoms with Gasteiger partial charge in [0.2, 0.25) is 0 Å². The summed E-state index contributed by atoms with van der Waals surface area (Å²) in [5.74, 6) is 0. The van der Waals surface area contributed by atoms with Gasteiger partial charge in [-0.1, -0.05) is 24.6 Å². The topological polar surface area (TPSA) is 52.7 Å². The van der Waals surface area contributed by atoms with E-state index >= 15 is 0 Å². The fourth-order valence-electron chi connectivity index (χ4n) is 2.17. The number of aryl methyl sites for hydroxylation is 1. The van der Waals surface area contributed by atoms with Crippen molar-refractivity contribution in [3.8, 4) is 0 Å². The van der Waals surface area contributed by atoms with E-state index in [2.05, 4.69) is 36.4 Å². The molecule has 0 saturated heterocycles. The average Bonchev–Trinajstić information content (AvgIpc) is 2.59. The van der Waals surface area contributed by atoms with Crippen molar-refractivity contribution in [2.45, 2.75) is 32.7 Å². The lowest BCUT2D eigenvalue weighted by molar-refractivity contribution is 0.473. The summed E-state index contributed by atoms with van der Waals surface area (Å²) in [6.45, 7) is 4.18. The molecule has 1 heterocycles. The Labute approximate surface area is 94.1 Å². The molecule has 2 rings (SSSR count). The molecule has 16 heavy (non-hydrogen) atoms. The Bertz CT molecular complexity index is 506. The van der Waals surface area contributed by atoms with E-state index in [0.29, 0.717) is 0 Å². The van der Waals surface area contributed by atoms with E-state index in [-0.39, 0.29) is 11.7 Å². The maximum atomic E-state index is 11.8. The van der Waals surface area contributed by atoms with Crippen molar-refractivity contribution in [2.75, 3.05) is 0 Å². The van der Waals surface area contributed by atoms with Crippen LogP contribution in [0.5, 0.6) is 0 Å². The summed E-state index contributed by atoms with van der Waals surface area (Å²) in [7, 11) is 1.62. The van der Waals surface area contributed by atoms with Crippen LogP contribution in [0.15, 0.2) is 28.1 Å². The molecule has 1 aromatic rings. The highest BCUT2D eigenvalue weighted by molar-refractivity contribution is 5.30. The molecule has 0 saturated carbocycles. The SMILES string of the molecule is CCC1=C(C)C=CCC1n1nnn(C)c1=O. The Balaban J connectivity index is 2.46. The van der Waals surface area contributed by atoms with E-state index in [1.54, 1.807) is 7.05 Å². The average molecular weight is 220 g/mol. The van der Waals surface area contributed by atoms with Crippen LogP contribution in [0.25, 0.3) is 0 Å². The van der Waals surface area contributed by atoms with Crippen LogP contribution in [0.1, 0.15) is 32.7 Å². The van der Waals surface area contributed by atoms with Gasteiger partial charge in [0, 0.05) is 7.05 Å². The van der Waals surface area contributed by atoms with Crippen molar-refractivity contribution in [3.05, 3.63) is 33.8 Å². The maximum absolute atomic E-state index is 11.8. The third-order valence-corrected chi connectivity index (χ3v) is 3.06. The second-order valence-electron chi connectivity index (χ2n) is 4.05. The van der Waals surface area contributed by atoms with Crippen LogP contribution in [0, 0.1) is 0 Å². The number of hydrogen-bond donors (Lipinski definition) is 0. The number of tetrazole rings is 1. The van der Waals surface area contributed by atoms with Crippen LogP contribution in [-0.2, 0) is 7.05 Å². The summed E-state index contributed by atoms with van der Waals surface area (Å²) in [6, 6.07) is 0.0381. The third-order valence-electron chi connectivity index (χ3n) is 3.06. The summed E-state index contributed by atoms with van der Waals surface area (Å²) in [6.07, 6.45) is 5.94. The third kappa shape index (κ3) is 1.62. The molecule has 0 fully saturated rings. The van der Waals surface area contributed by atoms with Crippen LogP contribution in [0.2, 0.25) is 0 Å². The van der Waals surface area contributed by atoms with Crippen molar-refractivity contribution in [3.63, 3.8) is 0 Å². The van der Waals surface area contributed by atoms with Gasteiger partial charge < -0.3 is 0 Å². The summed E-state index contributed by atoms with van der Waals surface area (Å²) in [4.78, 5) is 11.8. The van der Waals surface area contributed by atoms with E-state index in [1.165, 1.54) is 20.5 Å². The number of nitrogens with zero attached hydrogens (tertiary/aromatic N) is 4. The van der Waals surface area contributed by atoms with Crippen molar-refractivity contribution >= 4 is 0 Å². The van der Waals surface area contributed by atoms with Crippen molar-refractivity contribution in [1.82, 2.24) is 19.8 Å². The van der Waals surface area contributed by atoms with Crippen LogP contribution >= 0.6 is 0 Å². The lowest BCUT2D eigenvalue weighted by Gasteiger charge is -2.22. The Morgan fingerprint density at radius 3 is 2.81 bits per heavy atom. The molecule has 0 bridgehead atoms. The summed E-state index contributed by atoms with van der Waals surface area (Å²) < 4.78 is 2.74. The van der Waals surface area contributed by atoms with Gasteiger partial charge in [0.1, 0.15) is 0 Å². The molecule has 1 aromatic heterocycles. The highest BCUT2D eigenvalue weighted by Crippen LogP contribution is 2.29. The molecule has 0 radical (unpaired) electrons. The first kappa shape index (κ1) is 10.9. The maximum Gasteiger partial charge on any atom is 0.363 e. The molecule has 5 heteroatoms. The molecule has 1 unspecified atom stereocenters. The van der Waals surface area contributed by atoms with E-state index in [4.69, 9.17) is 0 Å². The Morgan fingerprint density at radius 2 is 2.25 bits per heavy atom. The largest absolute Gasteiger partial charge is 0.363 e. The number of aromatic nitrogens is 4. The first-order valence-electron chi connectivity index (χ1n) is 5.49. The molecule has 1 aliphatic rings. The van der Waals surface area contributed by atoms with Gasteiger partial charge in [0.05, 0.1) is 6.04 Å². The minimum atomic E-state index is -0.154. The molecule has 0 spiro atoms. The highest BCUT2D eigenvalue weighted by atomic mass is 16.2. The lowest BCUT2D eigenvalue weighted by atomic mass is 9.92. The molecule has 0 aliphatic heterocycles. The van der Waals surface area contributed by atoms with Crippen molar-refractivity contribution < 1.29 is 0 Å². The zero-order valence-electron chi connectivity index (χ0n) is 9.84. The van der Waals surface area contributed by atoms with E-state index in [9.17, 15) is 4.79 Å². The molecule has 0 amide bonds. The van der Waals surface area contributed by atoms with Gasteiger partial charge in [-0.05, 0) is 35.8 Å². The molecule has 0 aromatic carbocycles. The number of rotatable bonds is 2. The van der Waals surface area contributed by atoms with Gasteiger partial charge >= 0.3 is 5.69 Å². The van der Waals surface area contributed by atoms with E-state index < -0.39 is 0 Å². The highest BCUT2D eigenvalue weighted by Gasteiger charge is 2.22. The van der Waals surface area contributed by atoms with Crippen LogP contribution in [0.4, 0.5) is 0 Å². The summed E-state index contributed by atoms with van der Waals surface area (Å²) in [5, 5.41) is 7.68. The minimum Gasteiger partial charge on any atom is -0.244 e. The summed E-state index contributed by atoms with van der Waals surface area (Å²) in [5.41, 5.74) is 2.35. The van der Waals surface area contributed by atoms with Gasteiger partial charge in [-0.3, -0.25) is 0 Å². The zero-order chi connectivity index (χ0) is 11.7. The quantitative estimate of drug-likeness (QED) is 0.752. The predicted octanol–water partition coefficient (Wildman–Crippen LogP) is 1.20.